The largest absolute Gasteiger partial charge is 0.470 e. The summed E-state index contributed by atoms with van der Waals surface area (Å²) in [5.74, 6) is 0.677. The van der Waals surface area contributed by atoms with Crippen LogP contribution in [-0.4, -0.2) is 45.5 Å². The second kappa shape index (κ2) is 7.63. The fourth-order valence-electron chi connectivity index (χ4n) is 2.97. The van der Waals surface area contributed by atoms with Crippen LogP contribution in [0.25, 0.3) is 5.69 Å². The molecule has 0 bridgehead atoms. The number of aryl methyl sites for hydroxylation is 1. The predicted molar refractivity (Wildman–Crippen MR) is 99.8 cm³/mol. The minimum atomic E-state index is -0.299. The van der Waals surface area contributed by atoms with Crippen LogP contribution in [0.5, 0.6) is 5.88 Å². The van der Waals surface area contributed by atoms with Crippen LogP contribution in [0.2, 0.25) is 0 Å². The maximum atomic E-state index is 13.2. The summed E-state index contributed by atoms with van der Waals surface area (Å²) >= 11 is 0. The van der Waals surface area contributed by atoms with E-state index in [4.69, 9.17) is 4.74 Å². The average molecular weight is 382 g/mol. The van der Waals surface area contributed by atoms with Gasteiger partial charge in [-0.3, -0.25) is 4.79 Å². The van der Waals surface area contributed by atoms with Gasteiger partial charge in [0.15, 0.2) is 5.82 Å². The molecule has 0 spiro atoms. The number of nitrogens with one attached hydrogen (secondary N) is 1. The van der Waals surface area contributed by atoms with Gasteiger partial charge in [-0.25, -0.2) is 9.07 Å². The Labute approximate surface area is 160 Å². The van der Waals surface area contributed by atoms with Crippen molar-refractivity contribution in [1.29, 1.82) is 0 Å². The van der Waals surface area contributed by atoms with E-state index in [2.05, 4.69) is 20.6 Å². The summed E-state index contributed by atoms with van der Waals surface area (Å²) in [6.07, 6.45) is 1.73. The molecule has 3 aromatic rings. The summed E-state index contributed by atoms with van der Waals surface area (Å²) in [7, 11) is 0. The van der Waals surface area contributed by atoms with Gasteiger partial charge in [-0.15, -0.1) is 10.2 Å². The van der Waals surface area contributed by atoms with E-state index in [1.165, 1.54) is 12.1 Å². The topological polar surface area (TPSA) is 85.2 Å². The molecule has 1 fully saturated rings. The van der Waals surface area contributed by atoms with Crippen LogP contribution in [0.15, 0.2) is 42.6 Å². The molecule has 2 aromatic heterocycles. The molecule has 144 valence electrons. The molecule has 1 aliphatic rings. The van der Waals surface area contributed by atoms with Gasteiger partial charge >= 0.3 is 0 Å². The number of rotatable bonds is 5. The SMILES string of the molecule is Cc1cnn(-c2ccc(F)cc2)c1COc1ccc(N2CCNC(=O)C2)nn1. The first-order valence-corrected chi connectivity index (χ1v) is 8.88. The Kier molecular flexibility index (Phi) is 4.88. The number of amides is 1. The third kappa shape index (κ3) is 3.78. The number of anilines is 1. The van der Waals surface area contributed by atoms with Crippen LogP contribution in [0, 0.1) is 12.7 Å². The smallest absolute Gasteiger partial charge is 0.239 e. The molecule has 0 unspecified atom stereocenters. The van der Waals surface area contributed by atoms with E-state index >= 15 is 0 Å². The Morgan fingerprint density at radius 3 is 2.71 bits per heavy atom. The molecule has 1 N–H and O–H groups in total. The van der Waals surface area contributed by atoms with Crippen LogP contribution in [0.4, 0.5) is 10.2 Å². The van der Waals surface area contributed by atoms with E-state index < -0.39 is 0 Å². The Morgan fingerprint density at radius 1 is 1.18 bits per heavy atom. The number of carbonyl (C=O) groups is 1. The van der Waals surface area contributed by atoms with E-state index in [1.807, 2.05) is 11.8 Å². The van der Waals surface area contributed by atoms with Crippen molar-refractivity contribution >= 4 is 11.7 Å². The first-order valence-electron chi connectivity index (χ1n) is 8.88. The Balaban J connectivity index is 1.45. The number of nitrogens with zero attached hydrogens (tertiary/aromatic N) is 5. The van der Waals surface area contributed by atoms with Crippen LogP contribution in [0.1, 0.15) is 11.3 Å². The van der Waals surface area contributed by atoms with E-state index in [9.17, 15) is 9.18 Å². The number of ether oxygens (including phenoxy) is 1. The molecule has 4 rings (SSSR count). The van der Waals surface area contributed by atoms with Crippen LogP contribution in [-0.2, 0) is 11.4 Å². The summed E-state index contributed by atoms with van der Waals surface area (Å²) in [5.41, 5.74) is 2.54. The van der Waals surface area contributed by atoms with Crippen molar-refractivity contribution in [3.8, 4) is 11.6 Å². The van der Waals surface area contributed by atoms with Gasteiger partial charge in [0.1, 0.15) is 12.4 Å². The lowest BCUT2D eigenvalue weighted by Crippen LogP contribution is -2.48. The molecule has 1 saturated heterocycles. The number of halogens is 1. The van der Waals surface area contributed by atoms with Gasteiger partial charge in [-0.2, -0.15) is 5.10 Å². The number of benzene rings is 1. The number of carbonyl (C=O) groups excluding carboxylic acids is 1. The Bertz CT molecular complexity index is 971. The molecule has 1 amide bonds. The molecule has 28 heavy (non-hydrogen) atoms. The number of hydrogen-bond donors (Lipinski definition) is 1. The highest BCUT2D eigenvalue weighted by Crippen LogP contribution is 2.18. The predicted octanol–water partition coefficient (Wildman–Crippen LogP) is 1.63. The van der Waals surface area contributed by atoms with Gasteiger partial charge in [0.2, 0.25) is 11.8 Å². The van der Waals surface area contributed by atoms with Crippen molar-refractivity contribution in [3.05, 3.63) is 59.7 Å². The molecular weight excluding hydrogens is 363 g/mol. The van der Waals surface area contributed by atoms with Gasteiger partial charge in [0, 0.05) is 19.2 Å². The zero-order valence-electron chi connectivity index (χ0n) is 15.3. The van der Waals surface area contributed by atoms with E-state index in [-0.39, 0.29) is 24.9 Å². The van der Waals surface area contributed by atoms with Crippen molar-refractivity contribution in [1.82, 2.24) is 25.3 Å². The molecule has 3 heterocycles. The molecule has 0 radical (unpaired) electrons. The minimum absolute atomic E-state index is 0.0297. The quantitative estimate of drug-likeness (QED) is 0.722. The maximum Gasteiger partial charge on any atom is 0.239 e. The number of aromatic nitrogens is 4. The lowest BCUT2D eigenvalue weighted by molar-refractivity contribution is -0.120. The lowest BCUT2D eigenvalue weighted by atomic mass is 10.2. The average Bonchev–Trinajstić information content (AvgIpc) is 3.08. The van der Waals surface area contributed by atoms with Crippen LogP contribution < -0.4 is 15.0 Å². The Hall–Kier alpha value is -3.49. The Morgan fingerprint density at radius 2 is 2.00 bits per heavy atom. The third-order valence-electron chi connectivity index (χ3n) is 4.49. The molecular formula is C19H19FN6O2. The van der Waals surface area contributed by atoms with E-state index in [0.717, 1.165) is 16.9 Å². The zero-order valence-corrected chi connectivity index (χ0v) is 15.3. The van der Waals surface area contributed by atoms with Gasteiger partial charge < -0.3 is 15.0 Å². The highest BCUT2D eigenvalue weighted by molar-refractivity contribution is 5.82. The monoisotopic (exact) mass is 382 g/mol. The molecule has 0 atom stereocenters. The summed E-state index contributed by atoms with van der Waals surface area (Å²) < 4.78 is 20.7. The molecule has 0 saturated carbocycles. The van der Waals surface area contributed by atoms with Crippen molar-refractivity contribution in [3.63, 3.8) is 0 Å². The lowest BCUT2D eigenvalue weighted by Gasteiger charge is -2.27. The van der Waals surface area contributed by atoms with Gasteiger partial charge in [-0.05, 0) is 42.8 Å². The summed E-state index contributed by atoms with van der Waals surface area (Å²) in [6, 6.07) is 9.61. The zero-order chi connectivity index (χ0) is 19.5. The second-order valence-corrected chi connectivity index (χ2v) is 6.45. The maximum absolute atomic E-state index is 13.2. The molecule has 1 aromatic carbocycles. The molecule has 0 aliphatic carbocycles. The normalized spacial score (nSPS) is 14.1. The molecule has 8 nitrogen and oxygen atoms in total. The van der Waals surface area contributed by atoms with Crippen molar-refractivity contribution in [2.75, 3.05) is 24.5 Å². The van der Waals surface area contributed by atoms with Gasteiger partial charge in [-0.1, -0.05) is 0 Å². The van der Waals surface area contributed by atoms with Gasteiger partial charge in [0.25, 0.3) is 0 Å². The standard InChI is InChI=1S/C19H19FN6O2/c1-13-10-22-26(15-4-2-14(20)3-5-15)16(13)12-28-19-7-6-17(23-24-19)25-9-8-21-18(27)11-25/h2-7,10H,8-9,11-12H2,1H3,(H,21,27). The fourth-order valence-corrected chi connectivity index (χ4v) is 2.97. The first kappa shape index (κ1) is 17.9. The van der Waals surface area contributed by atoms with E-state index in [0.29, 0.717) is 24.8 Å². The van der Waals surface area contributed by atoms with Crippen molar-refractivity contribution in [2.45, 2.75) is 13.5 Å². The van der Waals surface area contributed by atoms with Crippen LogP contribution in [0.3, 0.4) is 0 Å². The fraction of sp³-hybridized carbons (Fsp3) is 0.263. The molecule has 1 aliphatic heterocycles. The van der Waals surface area contributed by atoms with E-state index in [1.54, 1.807) is 35.1 Å². The second-order valence-electron chi connectivity index (χ2n) is 6.45. The minimum Gasteiger partial charge on any atom is -0.470 e. The summed E-state index contributed by atoms with van der Waals surface area (Å²) in [6.45, 7) is 3.72. The summed E-state index contributed by atoms with van der Waals surface area (Å²) in [4.78, 5) is 13.4. The highest BCUT2D eigenvalue weighted by Gasteiger charge is 2.18. The first-order chi connectivity index (χ1) is 13.6. The van der Waals surface area contributed by atoms with Crippen molar-refractivity contribution in [2.24, 2.45) is 0 Å². The highest BCUT2D eigenvalue weighted by atomic mass is 19.1. The summed E-state index contributed by atoms with van der Waals surface area (Å²) in [5, 5.41) is 15.4. The third-order valence-corrected chi connectivity index (χ3v) is 4.49. The number of hydrogen-bond acceptors (Lipinski definition) is 6. The van der Waals surface area contributed by atoms with Crippen LogP contribution >= 0.6 is 0 Å². The molecule has 9 heteroatoms. The number of piperazine rings is 1. The van der Waals surface area contributed by atoms with Crippen molar-refractivity contribution < 1.29 is 13.9 Å². The van der Waals surface area contributed by atoms with Gasteiger partial charge in [0.05, 0.1) is 24.1 Å².